The Morgan fingerprint density at radius 3 is 2.94 bits per heavy atom. The molecular weight excluding hydrogens is 198 g/mol. The Labute approximate surface area is 98.0 Å². The van der Waals surface area contributed by atoms with Crippen LogP contribution in [0.15, 0.2) is 12.1 Å². The van der Waals surface area contributed by atoms with E-state index in [2.05, 4.69) is 31.3 Å². The van der Waals surface area contributed by atoms with Gasteiger partial charge < -0.3 is 10.1 Å². The van der Waals surface area contributed by atoms with Crippen LogP contribution in [0.4, 0.5) is 5.69 Å². The predicted octanol–water partition coefficient (Wildman–Crippen LogP) is 3.39. The molecule has 16 heavy (non-hydrogen) atoms. The lowest BCUT2D eigenvalue weighted by Gasteiger charge is -2.28. The van der Waals surface area contributed by atoms with E-state index in [1.54, 1.807) is 7.11 Å². The molecule has 0 saturated carbocycles. The molecule has 0 spiro atoms. The molecule has 1 heterocycles. The summed E-state index contributed by atoms with van der Waals surface area (Å²) in [5.74, 6) is 1.76. The topological polar surface area (TPSA) is 21.3 Å². The van der Waals surface area contributed by atoms with Gasteiger partial charge in [0.25, 0.3) is 0 Å². The van der Waals surface area contributed by atoms with Crippen molar-refractivity contribution in [2.24, 2.45) is 5.92 Å². The molecule has 0 saturated heterocycles. The Bertz CT molecular complexity index is 373. The molecule has 0 aromatic heterocycles. The second-order valence-corrected chi connectivity index (χ2v) is 4.68. The van der Waals surface area contributed by atoms with E-state index in [1.165, 1.54) is 36.1 Å². The van der Waals surface area contributed by atoms with Crippen LogP contribution in [0.2, 0.25) is 0 Å². The third-order valence-electron chi connectivity index (χ3n) is 3.49. The van der Waals surface area contributed by atoms with Crippen molar-refractivity contribution < 1.29 is 4.74 Å². The molecule has 1 aromatic rings. The number of benzene rings is 1. The maximum absolute atomic E-state index is 5.40. The molecule has 0 bridgehead atoms. The second-order valence-electron chi connectivity index (χ2n) is 4.68. The summed E-state index contributed by atoms with van der Waals surface area (Å²) in [5.41, 5.74) is 4.04. The zero-order chi connectivity index (χ0) is 11.5. The van der Waals surface area contributed by atoms with Crippen LogP contribution >= 0.6 is 0 Å². The van der Waals surface area contributed by atoms with Crippen molar-refractivity contribution in [1.82, 2.24) is 0 Å². The summed E-state index contributed by atoms with van der Waals surface area (Å²) in [5, 5.41) is 3.53. The van der Waals surface area contributed by atoms with Gasteiger partial charge in [-0.15, -0.1) is 0 Å². The van der Waals surface area contributed by atoms with Crippen LogP contribution < -0.4 is 10.1 Å². The SMILES string of the molecule is CCCC1CNc2c(OC)ccc(C)c2C1. The van der Waals surface area contributed by atoms with Crippen LogP contribution in [0.25, 0.3) is 0 Å². The monoisotopic (exact) mass is 219 g/mol. The molecule has 1 aliphatic rings. The van der Waals surface area contributed by atoms with Crippen molar-refractivity contribution in [3.05, 3.63) is 23.3 Å². The van der Waals surface area contributed by atoms with Crippen molar-refractivity contribution in [3.63, 3.8) is 0 Å². The summed E-state index contributed by atoms with van der Waals surface area (Å²) in [6.45, 7) is 5.53. The van der Waals surface area contributed by atoms with Crippen molar-refractivity contribution in [2.75, 3.05) is 19.0 Å². The number of aryl methyl sites for hydroxylation is 1. The van der Waals surface area contributed by atoms with Gasteiger partial charge in [-0.2, -0.15) is 0 Å². The smallest absolute Gasteiger partial charge is 0.142 e. The highest BCUT2D eigenvalue weighted by Gasteiger charge is 2.21. The lowest BCUT2D eigenvalue weighted by molar-refractivity contribution is 0.411. The van der Waals surface area contributed by atoms with Crippen LogP contribution in [0.5, 0.6) is 5.75 Å². The zero-order valence-corrected chi connectivity index (χ0v) is 10.5. The van der Waals surface area contributed by atoms with Crippen molar-refractivity contribution in [3.8, 4) is 5.75 Å². The van der Waals surface area contributed by atoms with E-state index in [0.717, 1.165) is 18.2 Å². The van der Waals surface area contributed by atoms with Gasteiger partial charge in [-0.1, -0.05) is 19.4 Å². The summed E-state index contributed by atoms with van der Waals surface area (Å²) >= 11 is 0. The van der Waals surface area contributed by atoms with Crippen molar-refractivity contribution in [2.45, 2.75) is 33.1 Å². The van der Waals surface area contributed by atoms with Crippen LogP contribution in [-0.2, 0) is 6.42 Å². The summed E-state index contributed by atoms with van der Waals surface area (Å²) in [6.07, 6.45) is 3.77. The van der Waals surface area contributed by atoms with Gasteiger partial charge in [0.15, 0.2) is 0 Å². The predicted molar refractivity (Wildman–Crippen MR) is 68.3 cm³/mol. The lowest BCUT2D eigenvalue weighted by Crippen LogP contribution is -2.24. The van der Waals surface area contributed by atoms with Gasteiger partial charge in [0.05, 0.1) is 12.8 Å². The highest BCUT2D eigenvalue weighted by atomic mass is 16.5. The van der Waals surface area contributed by atoms with Gasteiger partial charge in [-0.3, -0.25) is 0 Å². The van der Waals surface area contributed by atoms with Crippen LogP contribution in [0, 0.1) is 12.8 Å². The summed E-state index contributed by atoms with van der Waals surface area (Å²) in [4.78, 5) is 0. The van der Waals surface area contributed by atoms with Gasteiger partial charge in [0.1, 0.15) is 5.75 Å². The maximum Gasteiger partial charge on any atom is 0.142 e. The lowest BCUT2D eigenvalue weighted by atomic mass is 9.88. The minimum Gasteiger partial charge on any atom is -0.495 e. The number of hydrogen-bond acceptors (Lipinski definition) is 2. The van der Waals surface area contributed by atoms with Crippen LogP contribution in [0.1, 0.15) is 30.9 Å². The molecule has 2 rings (SSSR count). The first-order valence-corrected chi connectivity index (χ1v) is 6.16. The Kier molecular flexibility index (Phi) is 3.37. The van der Waals surface area contributed by atoms with E-state index < -0.39 is 0 Å². The highest BCUT2D eigenvalue weighted by molar-refractivity contribution is 5.65. The van der Waals surface area contributed by atoms with Gasteiger partial charge in [0, 0.05) is 6.54 Å². The number of methoxy groups -OCH3 is 1. The molecule has 0 aliphatic carbocycles. The number of fused-ring (bicyclic) bond motifs is 1. The van der Waals surface area contributed by atoms with Gasteiger partial charge in [-0.25, -0.2) is 0 Å². The third-order valence-corrected chi connectivity index (χ3v) is 3.49. The van der Waals surface area contributed by atoms with Crippen LogP contribution in [-0.4, -0.2) is 13.7 Å². The molecule has 0 amide bonds. The Hall–Kier alpha value is -1.18. The normalized spacial score (nSPS) is 18.8. The average Bonchev–Trinajstić information content (AvgIpc) is 2.31. The molecule has 0 fully saturated rings. The molecule has 1 unspecified atom stereocenters. The standard InChI is InChI=1S/C14H21NO/c1-4-5-11-8-12-10(2)6-7-13(16-3)14(12)15-9-11/h6-7,11,15H,4-5,8-9H2,1-3H3. The van der Waals surface area contributed by atoms with Crippen molar-refractivity contribution in [1.29, 1.82) is 0 Å². The molecule has 2 nitrogen and oxygen atoms in total. The minimum atomic E-state index is 0.781. The quantitative estimate of drug-likeness (QED) is 0.841. The summed E-state index contributed by atoms with van der Waals surface area (Å²) in [7, 11) is 1.74. The molecule has 1 aliphatic heterocycles. The van der Waals surface area contributed by atoms with Gasteiger partial charge in [-0.05, 0) is 42.9 Å². The average molecular weight is 219 g/mol. The van der Waals surface area contributed by atoms with Crippen LogP contribution in [0.3, 0.4) is 0 Å². The Morgan fingerprint density at radius 1 is 1.44 bits per heavy atom. The van der Waals surface area contributed by atoms with E-state index in [9.17, 15) is 0 Å². The van der Waals surface area contributed by atoms with Gasteiger partial charge >= 0.3 is 0 Å². The van der Waals surface area contributed by atoms with Crippen molar-refractivity contribution >= 4 is 5.69 Å². The van der Waals surface area contributed by atoms with E-state index in [1.807, 2.05) is 0 Å². The highest BCUT2D eigenvalue weighted by Crippen LogP contribution is 2.36. The molecule has 0 radical (unpaired) electrons. The number of anilines is 1. The molecule has 2 heteroatoms. The molecule has 1 aromatic carbocycles. The van der Waals surface area contributed by atoms with E-state index in [0.29, 0.717) is 0 Å². The number of ether oxygens (including phenoxy) is 1. The molecular formula is C14H21NO. The fourth-order valence-corrected chi connectivity index (χ4v) is 2.58. The minimum absolute atomic E-state index is 0.781. The molecule has 1 N–H and O–H groups in total. The first-order valence-electron chi connectivity index (χ1n) is 6.16. The summed E-state index contributed by atoms with van der Waals surface area (Å²) < 4.78 is 5.40. The maximum atomic E-state index is 5.40. The first-order chi connectivity index (χ1) is 7.76. The Balaban J connectivity index is 2.30. The van der Waals surface area contributed by atoms with Gasteiger partial charge in [0.2, 0.25) is 0 Å². The second kappa shape index (κ2) is 4.77. The first kappa shape index (κ1) is 11.3. The number of hydrogen-bond donors (Lipinski definition) is 1. The molecule has 88 valence electrons. The number of rotatable bonds is 3. The number of nitrogens with one attached hydrogen (secondary N) is 1. The fraction of sp³-hybridized carbons (Fsp3) is 0.571. The third kappa shape index (κ3) is 2.01. The largest absolute Gasteiger partial charge is 0.495 e. The Morgan fingerprint density at radius 2 is 2.25 bits per heavy atom. The van der Waals surface area contributed by atoms with E-state index in [-0.39, 0.29) is 0 Å². The summed E-state index contributed by atoms with van der Waals surface area (Å²) in [6, 6.07) is 4.22. The fourth-order valence-electron chi connectivity index (χ4n) is 2.58. The van der Waals surface area contributed by atoms with E-state index in [4.69, 9.17) is 4.74 Å². The molecule has 1 atom stereocenters. The zero-order valence-electron chi connectivity index (χ0n) is 10.5. The van der Waals surface area contributed by atoms with E-state index >= 15 is 0 Å².